The summed E-state index contributed by atoms with van der Waals surface area (Å²) in [5, 5.41) is 0. The highest BCUT2D eigenvalue weighted by atomic mass is 79.9. The molecule has 2 atom stereocenters. The van der Waals surface area contributed by atoms with Gasteiger partial charge in [0, 0.05) is 35.8 Å². The first-order chi connectivity index (χ1) is 8.40. The number of carbonyl (C=O) groups is 1. The molecule has 0 radical (unpaired) electrons. The first kappa shape index (κ1) is 13.6. The number of rotatable bonds is 2. The summed E-state index contributed by atoms with van der Waals surface area (Å²) in [6.45, 7) is 7.64. The van der Waals surface area contributed by atoms with Gasteiger partial charge in [0.05, 0.1) is 0 Å². The molecule has 0 aliphatic carbocycles. The molecule has 1 aromatic rings. The first-order valence-electron chi connectivity index (χ1n) is 6.32. The molecule has 1 saturated heterocycles. The average Bonchev–Trinajstić information content (AvgIpc) is 2.82. The fraction of sp³-hybridized carbons (Fsp3) is 0.615. The van der Waals surface area contributed by atoms with Crippen LogP contribution in [0.15, 0.2) is 16.7 Å². The third kappa shape index (κ3) is 2.47. The van der Waals surface area contributed by atoms with Crippen LogP contribution in [0.2, 0.25) is 0 Å². The summed E-state index contributed by atoms with van der Waals surface area (Å²) in [5.41, 5.74) is 6.71. The Morgan fingerprint density at radius 2 is 2.17 bits per heavy atom. The van der Waals surface area contributed by atoms with Crippen LogP contribution in [0.5, 0.6) is 0 Å². The van der Waals surface area contributed by atoms with Crippen molar-refractivity contribution in [1.29, 1.82) is 0 Å². The van der Waals surface area contributed by atoms with E-state index in [4.69, 9.17) is 5.73 Å². The third-order valence-corrected chi connectivity index (χ3v) is 3.98. The van der Waals surface area contributed by atoms with E-state index in [1.54, 1.807) is 0 Å². The van der Waals surface area contributed by atoms with Crippen molar-refractivity contribution < 1.29 is 4.79 Å². The number of hydrogen-bond donors (Lipinski definition) is 1. The Labute approximate surface area is 116 Å². The predicted molar refractivity (Wildman–Crippen MR) is 75.6 cm³/mol. The third-order valence-electron chi connectivity index (χ3n) is 3.55. The summed E-state index contributed by atoms with van der Waals surface area (Å²) in [6.07, 6.45) is 1.96. The Balaban J connectivity index is 2.24. The number of carbonyl (C=O) groups excluding carboxylic acids is 1. The number of amides is 1. The van der Waals surface area contributed by atoms with E-state index in [-0.39, 0.29) is 18.0 Å². The SMILES string of the molecule is CC1CN(C(=O)c2cc(Br)cn2C(C)C)CC1N. The molecular formula is C13H20BrN3O. The lowest BCUT2D eigenvalue weighted by Gasteiger charge is -2.19. The van der Waals surface area contributed by atoms with Gasteiger partial charge >= 0.3 is 0 Å². The molecule has 2 unspecified atom stereocenters. The Kier molecular flexibility index (Phi) is 3.82. The first-order valence-corrected chi connectivity index (χ1v) is 7.11. The summed E-state index contributed by atoms with van der Waals surface area (Å²) in [5.74, 6) is 0.453. The van der Waals surface area contributed by atoms with E-state index >= 15 is 0 Å². The zero-order valence-corrected chi connectivity index (χ0v) is 12.6. The van der Waals surface area contributed by atoms with Gasteiger partial charge in [0.2, 0.25) is 0 Å². The molecule has 1 aromatic heterocycles. The number of halogens is 1. The van der Waals surface area contributed by atoms with E-state index in [1.807, 2.05) is 21.7 Å². The molecule has 0 bridgehead atoms. The highest BCUT2D eigenvalue weighted by Crippen LogP contribution is 2.23. The molecule has 1 amide bonds. The minimum atomic E-state index is 0.0780. The molecular weight excluding hydrogens is 294 g/mol. The molecule has 5 heteroatoms. The fourth-order valence-corrected chi connectivity index (χ4v) is 2.80. The van der Waals surface area contributed by atoms with Crippen LogP contribution in [0.25, 0.3) is 0 Å². The monoisotopic (exact) mass is 313 g/mol. The molecule has 0 saturated carbocycles. The van der Waals surface area contributed by atoms with Crippen molar-refractivity contribution in [2.24, 2.45) is 11.7 Å². The maximum absolute atomic E-state index is 12.5. The van der Waals surface area contributed by atoms with Gasteiger partial charge in [0.1, 0.15) is 5.69 Å². The normalized spacial score (nSPS) is 24.0. The minimum Gasteiger partial charge on any atom is -0.340 e. The van der Waals surface area contributed by atoms with Gasteiger partial charge < -0.3 is 15.2 Å². The van der Waals surface area contributed by atoms with Crippen LogP contribution in [0.3, 0.4) is 0 Å². The van der Waals surface area contributed by atoms with Gasteiger partial charge in [-0.05, 0) is 41.8 Å². The van der Waals surface area contributed by atoms with Gasteiger partial charge in [0.25, 0.3) is 5.91 Å². The van der Waals surface area contributed by atoms with E-state index in [2.05, 4.69) is 36.7 Å². The van der Waals surface area contributed by atoms with E-state index in [0.29, 0.717) is 12.5 Å². The van der Waals surface area contributed by atoms with E-state index in [0.717, 1.165) is 16.7 Å². The van der Waals surface area contributed by atoms with Crippen LogP contribution in [0, 0.1) is 5.92 Å². The van der Waals surface area contributed by atoms with Crippen molar-refractivity contribution in [3.63, 3.8) is 0 Å². The second-order valence-corrected chi connectivity index (χ2v) is 6.31. The standard InChI is InChI=1S/C13H20BrN3O/c1-8(2)17-6-10(14)4-12(17)13(18)16-5-9(3)11(15)7-16/h4,6,8-9,11H,5,7,15H2,1-3H3. The van der Waals surface area contributed by atoms with Gasteiger partial charge in [-0.3, -0.25) is 4.79 Å². The highest BCUT2D eigenvalue weighted by Gasteiger charge is 2.31. The molecule has 1 aliphatic rings. The molecule has 2 N–H and O–H groups in total. The molecule has 0 aromatic carbocycles. The summed E-state index contributed by atoms with van der Waals surface area (Å²) in [4.78, 5) is 14.4. The lowest BCUT2D eigenvalue weighted by molar-refractivity contribution is 0.0774. The molecule has 1 aliphatic heterocycles. The second-order valence-electron chi connectivity index (χ2n) is 5.40. The van der Waals surface area contributed by atoms with Crippen LogP contribution in [-0.4, -0.2) is 34.5 Å². The van der Waals surface area contributed by atoms with E-state index in [1.165, 1.54) is 0 Å². The predicted octanol–water partition coefficient (Wildman–Crippen LogP) is 2.25. The summed E-state index contributed by atoms with van der Waals surface area (Å²) in [7, 11) is 0. The van der Waals surface area contributed by atoms with Crippen molar-refractivity contribution in [3.05, 3.63) is 22.4 Å². The summed E-state index contributed by atoms with van der Waals surface area (Å²) in [6, 6.07) is 2.25. The molecule has 2 heterocycles. The van der Waals surface area contributed by atoms with E-state index < -0.39 is 0 Å². The van der Waals surface area contributed by atoms with Crippen LogP contribution >= 0.6 is 15.9 Å². The Morgan fingerprint density at radius 3 is 2.67 bits per heavy atom. The van der Waals surface area contributed by atoms with Gasteiger partial charge in [-0.15, -0.1) is 0 Å². The number of nitrogens with two attached hydrogens (primary N) is 1. The maximum atomic E-state index is 12.5. The Morgan fingerprint density at radius 1 is 1.50 bits per heavy atom. The molecule has 4 nitrogen and oxygen atoms in total. The van der Waals surface area contributed by atoms with Gasteiger partial charge in [-0.2, -0.15) is 0 Å². The van der Waals surface area contributed by atoms with Crippen molar-refractivity contribution >= 4 is 21.8 Å². The largest absolute Gasteiger partial charge is 0.340 e. The maximum Gasteiger partial charge on any atom is 0.270 e. The fourth-order valence-electron chi connectivity index (χ4n) is 2.36. The van der Waals surface area contributed by atoms with Crippen molar-refractivity contribution in [3.8, 4) is 0 Å². The zero-order chi connectivity index (χ0) is 13.4. The van der Waals surface area contributed by atoms with Crippen molar-refractivity contribution in [1.82, 2.24) is 9.47 Å². The molecule has 1 fully saturated rings. The van der Waals surface area contributed by atoms with Crippen LogP contribution in [-0.2, 0) is 0 Å². The number of hydrogen-bond acceptors (Lipinski definition) is 2. The number of aromatic nitrogens is 1. The quantitative estimate of drug-likeness (QED) is 0.910. The van der Waals surface area contributed by atoms with Crippen LogP contribution < -0.4 is 5.73 Å². The lowest BCUT2D eigenvalue weighted by Crippen LogP contribution is -2.33. The topological polar surface area (TPSA) is 51.3 Å². The zero-order valence-electron chi connectivity index (χ0n) is 11.1. The summed E-state index contributed by atoms with van der Waals surface area (Å²) >= 11 is 3.44. The van der Waals surface area contributed by atoms with Crippen molar-refractivity contribution in [2.75, 3.05) is 13.1 Å². The van der Waals surface area contributed by atoms with Crippen LogP contribution in [0.4, 0.5) is 0 Å². The molecule has 0 spiro atoms. The van der Waals surface area contributed by atoms with Crippen LogP contribution in [0.1, 0.15) is 37.3 Å². The van der Waals surface area contributed by atoms with Gasteiger partial charge in [-0.1, -0.05) is 6.92 Å². The molecule has 2 rings (SSSR count). The van der Waals surface area contributed by atoms with Gasteiger partial charge in [-0.25, -0.2) is 0 Å². The summed E-state index contributed by atoms with van der Waals surface area (Å²) < 4.78 is 2.94. The number of likely N-dealkylation sites (tertiary alicyclic amines) is 1. The van der Waals surface area contributed by atoms with Crippen molar-refractivity contribution in [2.45, 2.75) is 32.9 Å². The lowest BCUT2D eigenvalue weighted by atomic mass is 10.1. The molecule has 18 heavy (non-hydrogen) atoms. The second kappa shape index (κ2) is 5.05. The molecule has 100 valence electrons. The van der Waals surface area contributed by atoms with E-state index in [9.17, 15) is 4.79 Å². The van der Waals surface area contributed by atoms with Gasteiger partial charge in [0.15, 0.2) is 0 Å². The highest BCUT2D eigenvalue weighted by molar-refractivity contribution is 9.10. The minimum absolute atomic E-state index is 0.0780. The Hall–Kier alpha value is -0.810. The smallest absolute Gasteiger partial charge is 0.270 e. The average molecular weight is 314 g/mol. The Bertz CT molecular complexity index is 445. The number of nitrogens with zero attached hydrogens (tertiary/aromatic N) is 2.